The molecule has 1 saturated heterocycles. The van der Waals surface area contributed by atoms with E-state index < -0.39 is 40.2 Å². The number of rotatable bonds is 20. The van der Waals surface area contributed by atoms with Crippen molar-refractivity contribution in [1.82, 2.24) is 10.6 Å². The van der Waals surface area contributed by atoms with Crippen LogP contribution in [0.3, 0.4) is 0 Å². The minimum atomic E-state index is -3.04. The first-order chi connectivity index (χ1) is 24.1. The van der Waals surface area contributed by atoms with Crippen LogP contribution in [0.1, 0.15) is 101 Å². The fraction of sp³-hybridized carbons (Fsp3) is 0.643. The van der Waals surface area contributed by atoms with E-state index in [-0.39, 0.29) is 47.5 Å². The number of Topliss-reactive ketones (excluding diaryl/α,β-unsaturated/α-hetero) is 1. The average Bonchev–Trinajstić information content (AvgIpc) is 3.85. The van der Waals surface area contributed by atoms with E-state index in [2.05, 4.69) is 103 Å². The molecule has 10 heteroatoms. The van der Waals surface area contributed by atoms with Gasteiger partial charge in [-0.15, -0.1) is 0 Å². The Labute approximate surface area is 316 Å². The fourth-order valence-corrected chi connectivity index (χ4v) is 12.0. The predicted molar refractivity (Wildman–Crippen MR) is 217 cm³/mol. The normalized spacial score (nSPS) is 17.9. The fourth-order valence-electron chi connectivity index (χ4n) is 6.45. The summed E-state index contributed by atoms with van der Waals surface area (Å²) in [7, 11) is -5.19. The van der Waals surface area contributed by atoms with E-state index in [1.807, 2.05) is 50.2 Å². The molecule has 0 saturated carbocycles. The Morgan fingerprint density at radius 3 is 1.75 bits per heavy atom. The Morgan fingerprint density at radius 2 is 1.31 bits per heavy atom. The van der Waals surface area contributed by atoms with Gasteiger partial charge in [0.1, 0.15) is 6.04 Å². The van der Waals surface area contributed by atoms with Crippen molar-refractivity contribution in [2.75, 3.05) is 19.8 Å². The zero-order chi connectivity index (χ0) is 39.0. The van der Waals surface area contributed by atoms with Gasteiger partial charge in [-0.1, -0.05) is 143 Å². The van der Waals surface area contributed by atoms with Crippen molar-refractivity contribution in [2.45, 2.75) is 142 Å². The molecule has 3 rings (SSSR count). The van der Waals surface area contributed by atoms with E-state index in [0.717, 1.165) is 29.6 Å². The molecule has 0 aliphatic carbocycles. The topological polar surface area (TPSA) is 106 Å². The standard InChI is InChI=1S/C42H68N2O6Si2/c1-31(2)21-19-20-26-37(45)43-36(28-49-52(41(8,9)10,33-22-15-13-16-23-33)34-24-17-14-18-25-34)39(47)44-35(27-32(3)4)38(46)42(29-48-42)30-50-51(11,12)40(5,6)7/h13-18,22-25,31-32,35-36H,19-21,26-30H2,1-12H3,(H,43,45)(H,44,47)/t35-,36-,42+/m0/s1. The molecular weight excluding hydrogens is 685 g/mol. The summed E-state index contributed by atoms with van der Waals surface area (Å²) in [6, 6.07) is 18.6. The molecule has 2 aromatic carbocycles. The molecule has 2 amide bonds. The third-order valence-corrected chi connectivity index (χ3v) is 20.2. The Balaban J connectivity index is 1.95. The molecule has 1 aliphatic rings. The number of amides is 2. The maximum Gasteiger partial charge on any atom is 0.261 e. The van der Waals surface area contributed by atoms with Crippen LogP contribution in [0.15, 0.2) is 60.7 Å². The lowest BCUT2D eigenvalue weighted by Gasteiger charge is -2.43. The monoisotopic (exact) mass is 752 g/mol. The van der Waals surface area contributed by atoms with Crippen LogP contribution >= 0.6 is 0 Å². The molecule has 0 unspecified atom stereocenters. The molecule has 1 fully saturated rings. The molecule has 3 atom stereocenters. The molecule has 2 N–H and O–H groups in total. The summed E-state index contributed by atoms with van der Waals surface area (Å²) in [6.45, 7) is 26.1. The molecule has 52 heavy (non-hydrogen) atoms. The third-order valence-electron chi connectivity index (χ3n) is 10.7. The maximum atomic E-state index is 14.4. The molecule has 0 radical (unpaired) electrons. The lowest BCUT2D eigenvalue weighted by molar-refractivity contribution is -0.134. The first-order valence-electron chi connectivity index (χ1n) is 19.3. The first kappa shape index (κ1) is 43.8. The minimum absolute atomic E-state index is 0.0248. The van der Waals surface area contributed by atoms with Crippen LogP contribution in [0.25, 0.3) is 0 Å². The van der Waals surface area contributed by atoms with E-state index in [4.69, 9.17) is 13.6 Å². The van der Waals surface area contributed by atoms with Gasteiger partial charge in [-0.05, 0) is 58.2 Å². The predicted octanol–water partition coefficient (Wildman–Crippen LogP) is 7.16. The highest BCUT2D eigenvalue weighted by molar-refractivity contribution is 6.99. The highest BCUT2D eigenvalue weighted by Crippen LogP contribution is 2.40. The number of carbonyl (C=O) groups is 3. The molecule has 1 aliphatic heterocycles. The van der Waals surface area contributed by atoms with Gasteiger partial charge >= 0.3 is 0 Å². The summed E-state index contributed by atoms with van der Waals surface area (Å²) in [6.07, 6.45) is 3.45. The van der Waals surface area contributed by atoms with E-state index in [0.29, 0.717) is 18.8 Å². The van der Waals surface area contributed by atoms with E-state index in [1.54, 1.807) is 0 Å². The number of hydrogen-bond donors (Lipinski definition) is 2. The second kappa shape index (κ2) is 18.1. The van der Waals surface area contributed by atoms with Gasteiger partial charge in [0.15, 0.2) is 19.7 Å². The SMILES string of the molecule is CC(C)CCCCC(=O)N[C@@H](CO[Si](c1ccccc1)(c1ccccc1)C(C)(C)C)C(=O)N[C@@H](CC(C)C)C(=O)[C@]1(CO[Si](C)(C)C(C)(C)C)CO1. The number of epoxide rings is 1. The van der Waals surface area contributed by atoms with Gasteiger partial charge in [-0.25, -0.2) is 0 Å². The second-order valence-electron chi connectivity index (χ2n) is 18.1. The van der Waals surface area contributed by atoms with Crippen molar-refractivity contribution in [1.29, 1.82) is 0 Å². The van der Waals surface area contributed by atoms with Crippen LogP contribution in [0.2, 0.25) is 23.2 Å². The van der Waals surface area contributed by atoms with Crippen molar-refractivity contribution in [3.8, 4) is 0 Å². The summed E-state index contributed by atoms with van der Waals surface area (Å²) < 4.78 is 19.5. The molecule has 290 valence electrons. The zero-order valence-electron chi connectivity index (χ0n) is 34.2. The lowest BCUT2D eigenvalue weighted by Crippen LogP contribution is -2.68. The largest absolute Gasteiger partial charge is 0.413 e. The van der Waals surface area contributed by atoms with Crippen molar-refractivity contribution in [3.05, 3.63) is 60.7 Å². The Kier molecular flexibility index (Phi) is 15.3. The number of nitrogens with one attached hydrogen (secondary N) is 2. The van der Waals surface area contributed by atoms with Crippen molar-refractivity contribution in [3.63, 3.8) is 0 Å². The third kappa shape index (κ3) is 11.4. The van der Waals surface area contributed by atoms with Gasteiger partial charge in [0.2, 0.25) is 11.8 Å². The Hall–Kier alpha value is -2.64. The minimum Gasteiger partial charge on any atom is -0.413 e. The van der Waals surface area contributed by atoms with Crippen LogP contribution in [-0.2, 0) is 28.0 Å². The summed E-state index contributed by atoms with van der Waals surface area (Å²) in [5, 5.41) is 7.91. The quantitative estimate of drug-likeness (QED) is 0.0846. The zero-order valence-corrected chi connectivity index (χ0v) is 36.2. The summed E-state index contributed by atoms with van der Waals surface area (Å²) in [5.74, 6) is -0.142. The van der Waals surface area contributed by atoms with Crippen molar-refractivity contribution >= 4 is 44.6 Å². The van der Waals surface area contributed by atoms with Crippen LogP contribution in [0.5, 0.6) is 0 Å². The van der Waals surface area contributed by atoms with Gasteiger partial charge in [-0.2, -0.15) is 0 Å². The van der Waals surface area contributed by atoms with E-state index in [9.17, 15) is 14.4 Å². The molecule has 0 bridgehead atoms. The number of ether oxygens (including phenoxy) is 1. The molecule has 0 aromatic heterocycles. The number of hydrogen-bond acceptors (Lipinski definition) is 6. The summed E-state index contributed by atoms with van der Waals surface area (Å²) >= 11 is 0. The van der Waals surface area contributed by atoms with Crippen LogP contribution in [-0.4, -0.2) is 71.7 Å². The molecule has 0 spiro atoms. The number of ketones is 1. The number of carbonyl (C=O) groups excluding carboxylic acids is 3. The van der Waals surface area contributed by atoms with Crippen molar-refractivity contribution in [2.24, 2.45) is 11.8 Å². The smallest absolute Gasteiger partial charge is 0.261 e. The maximum absolute atomic E-state index is 14.4. The molecule has 1 heterocycles. The Morgan fingerprint density at radius 1 is 0.769 bits per heavy atom. The van der Waals surface area contributed by atoms with Gasteiger partial charge in [-0.3, -0.25) is 14.4 Å². The van der Waals surface area contributed by atoms with Gasteiger partial charge in [0.25, 0.3) is 8.32 Å². The number of unbranched alkanes of at least 4 members (excludes halogenated alkanes) is 1. The van der Waals surface area contributed by atoms with Crippen LogP contribution in [0, 0.1) is 11.8 Å². The number of benzene rings is 2. The van der Waals surface area contributed by atoms with Gasteiger partial charge in [0.05, 0.1) is 25.9 Å². The van der Waals surface area contributed by atoms with Crippen LogP contribution < -0.4 is 21.0 Å². The highest BCUT2D eigenvalue weighted by Gasteiger charge is 2.56. The average molecular weight is 753 g/mol. The van der Waals surface area contributed by atoms with Crippen LogP contribution in [0.4, 0.5) is 0 Å². The van der Waals surface area contributed by atoms with Gasteiger partial charge < -0.3 is 24.2 Å². The lowest BCUT2D eigenvalue weighted by atomic mass is 9.92. The van der Waals surface area contributed by atoms with Gasteiger partial charge in [0, 0.05) is 6.42 Å². The molecule has 2 aromatic rings. The summed E-state index contributed by atoms with van der Waals surface area (Å²) in [5.41, 5.74) is -1.08. The van der Waals surface area contributed by atoms with E-state index in [1.165, 1.54) is 0 Å². The first-order valence-corrected chi connectivity index (χ1v) is 24.1. The second-order valence-corrected chi connectivity index (χ2v) is 27.2. The Bertz CT molecular complexity index is 1410. The summed E-state index contributed by atoms with van der Waals surface area (Å²) in [4.78, 5) is 42.1. The molecule has 8 nitrogen and oxygen atoms in total. The van der Waals surface area contributed by atoms with E-state index >= 15 is 0 Å². The molecular formula is C42H68N2O6Si2. The highest BCUT2D eigenvalue weighted by atomic mass is 28.4. The van der Waals surface area contributed by atoms with Crippen molar-refractivity contribution < 1.29 is 28.0 Å².